The summed E-state index contributed by atoms with van der Waals surface area (Å²) in [5.41, 5.74) is 0. The molecular formula is C9H13N3O4. The molecule has 0 aromatic rings. The Morgan fingerprint density at radius 2 is 2.12 bits per heavy atom. The van der Waals surface area contributed by atoms with E-state index in [0.717, 1.165) is 0 Å². The number of fused-ring (bicyclic) bond motifs is 1. The Balaban J connectivity index is 2.26. The van der Waals surface area contributed by atoms with Crippen LogP contribution in [-0.2, 0) is 9.59 Å². The van der Waals surface area contributed by atoms with E-state index in [2.05, 4.69) is 16.0 Å². The molecular weight excluding hydrogens is 214 g/mol. The van der Waals surface area contributed by atoms with Crippen LogP contribution in [-0.4, -0.2) is 35.2 Å². The number of urea groups is 1. The van der Waals surface area contributed by atoms with E-state index in [4.69, 9.17) is 5.11 Å². The number of carbonyl (C=O) groups excluding carboxylic acids is 2. The first kappa shape index (κ1) is 10.9. The molecule has 2 aliphatic heterocycles. The second-order valence-electron chi connectivity index (χ2n) is 4.21. The van der Waals surface area contributed by atoms with Crippen LogP contribution in [0.1, 0.15) is 13.3 Å². The summed E-state index contributed by atoms with van der Waals surface area (Å²) in [7, 11) is 0. The Bertz CT molecular complexity index is 357. The van der Waals surface area contributed by atoms with E-state index in [1.807, 2.05) is 6.92 Å². The molecule has 3 amide bonds. The topological polar surface area (TPSA) is 108 Å². The summed E-state index contributed by atoms with van der Waals surface area (Å²) in [6.45, 7) is 1.82. The first-order valence-corrected chi connectivity index (χ1v) is 5.09. The fourth-order valence-electron chi connectivity index (χ4n) is 2.33. The van der Waals surface area contributed by atoms with Crippen molar-refractivity contribution in [3.63, 3.8) is 0 Å². The van der Waals surface area contributed by atoms with Crippen molar-refractivity contribution in [2.45, 2.75) is 25.6 Å². The fraction of sp³-hybridized carbons (Fsp3) is 0.667. The van der Waals surface area contributed by atoms with Gasteiger partial charge in [-0.3, -0.25) is 20.2 Å². The van der Waals surface area contributed by atoms with Gasteiger partial charge in [-0.2, -0.15) is 0 Å². The third-order valence-electron chi connectivity index (χ3n) is 3.01. The molecule has 4 atom stereocenters. The maximum absolute atomic E-state index is 11.6. The van der Waals surface area contributed by atoms with Crippen molar-refractivity contribution in [2.75, 3.05) is 0 Å². The molecule has 0 radical (unpaired) electrons. The molecule has 16 heavy (non-hydrogen) atoms. The molecule has 7 heteroatoms. The smallest absolute Gasteiger partial charge is 0.322 e. The van der Waals surface area contributed by atoms with Gasteiger partial charge in [-0.15, -0.1) is 0 Å². The van der Waals surface area contributed by atoms with Crippen molar-refractivity contribution in [1.82, 2.24) is 16.0 Å². The van der Waals surface area contributed by atoms with Gasteiger partial charge in [-0.05, 0) is 13.3 Å². The molecule has 2 heterocycles. The Labute approximate surface area is 91.6 Å². The molecule has 0 bridgehead atoms. The Hall–Kier alpha value is -1.63. The number of rotatable bonds is 1. The monoisotopic (exact) mass is 227 g/mol. The van der Waals surface area contributed by atoms with Crippen LogP contribution in [0, 0.1) is 11.8 Å². The normalized spacial score (nSPS) is 38.3. The second kappa shape index (κ2) is 3.75. The number of hydrogen-bond donors (Lipinski definition) is 4. The number of nitrogens with one attached hydrogen (secondary N) is 3. The zero-order valence-electron chi connectivity index (χ0n) is 8.69. The maximum Gasteiger partial charge on any atom is 0.322 e. The number of imide groups is 1. The van der Waals surface area contributed by atoms with Gasteiger partial charge in [0.05, 0.1) is 18.0 Å². The fourth-order valence-corrected chi connectivity index (χ4v) is 2.33. The van der Waals surface area contributed by atoms with Gasteiger partial charge in [0.1, 0.15) is 0 Å². The van der Waals surface area contributed by atoms with Crippen molar-refractivity contribution in [2.24, 2.45) is 11.8 Å². The van der Waals surface area contributed by atoms with Crippen molar-refractivity contribution >= 4 is 17.9 Å². The summed E-state index contributed by atoms with van der Waals surface area (Å²) in [6.07, 6.45) is -0.217. The maximum atomic E-state index is 11.6. The quantitative estimate of drug-likeness (QED) is 0.452. The number of amides is 3. The minimum atomic E-state index is -1.00. The average molecular weight is 227 g/mol. The van der Waals surface area contributed by atoms with Gasteiger partial charge < -0.3 is 10.4 Å². The van der Waals surface area contributed by atoms with Crippen molar-refractivity contribution < 1.29 is 19.5 Å². The number of carboxylic acid groups (broad SMARTS) is 1. The van der Waals surface area contributed by atoms with Crippen LogP contribution in [0.15, 0.2) is 0 Å². The molecule has 0 saturated carbocycles. The van der Waals surface area contributed by atoms with E-state index < -0.39 is 35.9 Å². The first-order chi connectivity index (χ1) is 7.49. The number of carbonyl (C=O) groups is 3. The molecule has 0 aromatic heterocycles. The van der Waals surface area contributed by atoms with Crippen LogP contribution in [0.3, 0.4) is 0 Å². The van der Waals surface area contributed by atoms with Gasteiger partial charge in [-0.25, -0.2) is 4.79 Å². The largest absolute Gasteiger partial charge is 0.481 e. The summed E-state index contributed by atoms with van der Waals surface area (Å²) >= 11 is 0. The highest BCUT2D eigenvalue weighted by atomic mass is 16.4. The summed E-state index contributed by atoms with van der Waals surface area (Å²) in [5, 5.41) is 16.7. The predicted molar refractivity (Wildman–Crippen MR) is 52.3 cm³/mol. The van der Waals surface area contributed by atoms with Gasteiger partial charge in [0, 0.05) is 6.04 Å². The highest BCUT2D eigenvalue weighted by molar-refractivity contribution is 6.00. The van der Waals surface area contributed by atoms with Gasteiger partial charge in [0.25, 0.3) is 0 Å². The van der Waals surface area contributed by atoms with E-state index in [1.165, 1.54) is 0 Å². The Morgan fingerprint density at radius 1 is 1.44 bits per heavy atom. The average Bonchev–Trinajstić information content (AvgIpc) is 2.14. The van der Waals surface area contributed by atoms with E-state index in [-0.39, 0.29) is 6.04 Å². The molecule has 2 fully saturated rings. The molecule has 0 aliphatic carbocycles. The van der Waals surface area contributed by atoms with Gasteiger partial charge in [0.15, 0.2) is 0 Å². The van der Waals surface area contributed by atoms with Crippen LogP contribution in [0.25, 0.3) is 0 Å². The van der Waals surface area contributed by atoms with Gasteiger partial charge in [-0.1, -0.05) is 0 Å². The van der Waals surface area contributed by atoms with Crippen LogP contribution < -0.4 is 16.0 Å². The molecule has 7 nitrogen and oxygen atoms in total. The predicted octanol–water partition coefficient (Wildman–Crippen LogP) is -1.15. The summed E-state index contributed by atoms with van der Waals surface area (Å²) in [6, 6.07) is -0.634. The Morgan fingerprint density at radius 3 is 2.75 bits per heavy atom. The third-order valence-corrected chi connectivity index (χ3v) is 3.01. The Kier molecular flexibility index (Phi) is 2.55. The molecule has 4 N–H and O–H groups in total. The third kappa shape index (κ3) is 1.73. The standard InChI is InChI=1S/C9H13N3O4/c1-3-2-4(8(14)15)5-6(10-3)11-9(16)12-7(5)13/h3-6,10H,2H2,1H3,(H,14,15)(H2,11,12,13,16). The lowest BCUT2D eigenvalue weighted by atomic mass is 9.79. The lowest BCUT2D eigenvalue weighted by Crippen LogP contribution is -2.69. The van der Waals surface area contributed by atoms with Gasteiger partial charge >= 0.3 is 12.0 Å². The number of hydrogen-bond acceptors (Lipinski definition) is 4. The second-order valence-corrected chi connectivity index (χ2v) is 4.21. The van der Waals surface area contributed by atoms with Crippen LogP contribution in [0.5, 0.6) is 0 Å². The van der Waals surface area contributed by atoms with E-state index >= 15 is 0 Å². The number of carboxylic acids is 1. The van der Waals surface area contributed by atoms with Gasteiger partial charge in [0.2, 0.25) is 5.91 Å². The van der Waals surface area contributed by atoms with Crippen LogP contribution in [0.4, 0.5) is 4.79 Å². The number of piperidine rings is 1. The molecule has 2 rings (SSSR count). The molecule has 4 unspecified atom stereocenters. The summed E-state index contributed by atoms with van der Waals surface area (Å²) in [5.74, 6) is -3.04. The van der Waals surface area contributed by atoms with E-state index in [9.17, 15) is 14.4 Å². The zero-order valence-corrected chi connectivity index (χ0v) is 8.69. The van der Waals surface area contributed by atoms with Crippen molar-refractivity contribution in [3.8, 4) is 0 Å². The highest BCUT2D eigenvalue weighted by Crippen LogP contribution is 2.27. The minimum Gasteiger partial charge on any atom is -0.481 e. The minimum absolute atomic E-state index is 0.0476. The lowest BCUT2D eigenvalue weighted by molar-refractivity contribution is -0.151. The molecule has 0 aromatic carbocycles. The molecule has 2 aliphatic rings. The molecule has 2 saturated heterocycles. The molecule has 88 valence electrons. The molecule has 0 spiro atoms. The number of aliphatic carboxylic acids is 1. The van der Waals surface area contributed by atoms with Crippen molar-refractivity contribution in [3.05, 3.63) is 0 Å². The van der Waals surface area contributed by atoms with Crippen LogP contribution >= 0.6 is 0 Å². The first-order valence-electron chi connectivity index (χ1n) is 5.09. The lowest BCUT2D eigenvalue weighted by Gasteiger charge is -2.41. The summed E-state index contributed by atoms with van der Waals surface area (Å²) in [4.78, 5) is 33.7. The zero-order chi connectivity index (χ0) is 11.9. The SMILES string of the molecule is CC1CC(C(=O)O)C2C(=O)NC(=O)NC2N1. The van der Waals surface area contributed by atoms with E-state index in [1.54, 1.807) is 0 Å². The van der Waals surface area contributed by atoms with E-state index in [0.29, 0.717) is 6.42 Å². The summed E-state index contributed by atoms with van der Waals surface area (Å²) < 4.78 is 0. The highest BCUT2D eigenvalue weighted by Gasteiger charge is 2.47. The van der Waals surface area contributed by atoms with Crippen LogP contribution in [0.2, 0.25) is 0 Å². The van der Waals surface area contributed by atoms with Crippen molar-refractivity contribution in [1.29, 1.82) is 0 Å².